The van der Waals surface area contributed by atoms with Gasteiger partial charge in [-0.25, -0.2) is 0 Å². The number of fused-ring (bicyclic) bond motifs is 1. The zero-order chi connectivity index (χ0) is 16.6. The molecule has 0 saturated heterocycles. The molecular weight excluding hydrogens is 391 g/mol. The van der Waals surface area contributed by atoms with Crippen molar-refractivity contribution in [2.45, 2.75) is 26.2 Å². The summed E-state index contributed by atoms with van der Waals surface area (Å²) in [6.07, 6.45) is 4.40. The summed E-state index contributed by atoms with van der Waals surface area (Å²) in [5.41, 5.74) is 7.64. The third kappa shape index (κ3) is 2.83. The molecular formula is C22H21I. The van der Waals surface area contributed by atoms with Crippen LogP contribution in [0.1, 0.15) is 31.9 Å². The molecule has 0 spiro atoms. The summed E-state index contributed by atoms with van der Waals surface area (Å²) in [5.74, 6) is 0. The Morgan fingerprint density at radius 2 is 1.74 bits per heavy atom. The topological polar surface area (TPSA) is 0 Å². The van der Waals surface area contributed by atoms with Crippen LogP contribution in [-0.4, -0.2) is 0 Å². The second-order valence-corrected chi connectivity index (χ2v) is 7.71. The highest BCUT2D eigenvalue weighted by molar-refractivity contribution is 14.1. The van der Waals surface area contributed by atoms with E-state index < -0.39 is 0 Å². The highest BCUT2D eigenvalue weighted by atomic mass is 127. The summed E-state index contributed by atoms with van der Waals surface area (Å²) >= 11 is 2.38. The lowest BCUT2D eigenvalue weighted by atomic mass is 9.81. The Bertz CT molecular complexity index is 820. The number of halogens is 1. The van der Waals surface area contributed by atoms with Crippen molar-refractivity contribution in [1.29, 1.82) is 0 Å². The SMILES string of the molecule is C=C1/C(=C\C(I)=C/C)C(C)(C)c2cc(-c3ccccc3)ccc21. The Hall–Kier alpha value is -1.61. The Morgan fingerprint density at radius 1 is 1.04 bits per heavy atom. The maximum absolute atomic E-state index is 4.36. The molecule has 0 aliphatic heterocycles. The number of allylic oxidation sites excluding steroid dienone is 5. The molecule has 0 fully saturated rings. The number of benzene rings is 2. The fraction of sp³-hybridized carbons (Fsp3) is 0.182. The minimum Gasteiger partial charge on any atom is -0.0908 e. The molecule has 3 rings (SSSR count). The fourth-order valence-corrected chi connectivity index (χ4v) is 3.60. The first kappa shape index (κ1) is 16.3. The van der Waals surface area contributed by atoms with Crippen LogP contribution in [-0.2, 0) is 5.41 Å². The Labute approximate surface area is 152 Å². The second-order valence-electron chi connectivity index (χ2n) is 6.46. The summed E-state index contributed by atoms with van der Waals surface area (Å²) in [5, 5.41) is 0. The first-order chi connectivity index (χ1) is 10.9. The van der Waals surface area contributed by atoms with E-state index in [-0.39, 0.29) is 5.41 Å². The largest absolute Gasteiger partial charge is 0.0908 e. The monoisotopic (exact) mass is 412 g/mol. The lowest BCUT2D eigenvalue weighted by Crippen LogP contribution is -2.15. The summed E-state index contributed by atoms with van der Waals surface area (Å²) in [6.45, 7) is 11.0. The normalized spacial score (nSPS) is 18.3. The molecule has 2 aromatic rings. The smallest absolute Gasteiger partial charge is 0.0159 e. The van der Waals surface area contributed by atoms with Crippen molar-refractivity contribution in [1.82, 2.24) is 0 Å². The summed E-state index contributed by atoms with van der Waals surface area (Å²) in [6, 6.07) is 17.3. The molecule has 0 aromatic heterocycles. The Morgan fingerprint density at radius 3 is 2.39 bits per heavy atom. The van der Waals surface area contributed by atoms with Gasteiger partial charge in [0.1, 0.15) is 0 Å². The van der Waals surface area contributed by atoms with E-state index in [1.807, 2.05) is 0 Å². The van der Waals surface area contributed by atoms with Crippen LogP contribution < -0.4 is 0 Å². The zero-order valence-corrected chi connectivity index (χ0v) is 16.0. The third-order valence-electron chi connectivity index (χ3n) is 4.68. The second kappa shape index (κ2) is 6.12. The van der Waals surface area contributed by atoms with Crippen molar-refractivity contribution >= 4 is 28.2 Å². The van der Waals surface area contributed by atoms with E-state index in [4.69, 9.17) is 0 Å². The predicted octanol–water partition coefficient (Wildman–Crippen LogP) is 6.92. The summed E-state index contributed by atoms with van der Waals surface area (Å²) in [4.78, 5) is 0. The van der Waals surface area contributed by atoms with Crippen LogP contribution in [0.5, 0.6) is 0 Å². The molecule has 2 aromatic carbocycles. The standard InChI is InChI=1S/C22H21I/c1-5-18(23)14-20-15(2)19-12-11-17(13-21(19)22(20,3)4)16-9-7-6-8-10-16/h5-14H,2H2,1,3-4H3/b18-5+,20-14+. The number of rotatable bonds is 2. The average molecular weight is 412 g/mol. The summed E-state index contributed by atoms with van der Waals surface area (Å²) in [7, 11) is 0. The molecule has 0 saturated carbocycles. The van der Waals surface area contributed by atoms with Crippen LogP contribution in [0.25, 0.3) is 16.7 Å². The van der Waals surface area contributed by atoms with E-state index in [9.17, 15) is 0 Å². The van der Waals surface area contributed by atoms with Crippen LogP contribution in [0.3, 0.4) is 0 Å². The fourth-order valence-electron chi connectivity index (χ4n) is 3.29. The Kier molecular flexibility index (Phi) is 4.33. The van der Waals surface area contributed by atoms with Crippen molar-refractivity contribution in [2.24, 2.45) is 0 Å². The first-order valence-corrected chi connectivity index (χ1v) is 8.96. The molecule has 23 heavy (non-hydrogen) atoms. The molecule has 0 bridgehead atoms. The van der Waals surface area contributed by atoms with E-state index in [0.717, 1.165) is 5.57 Å². The van der Waals surface area contributed by atoms with Crippen LogP contribution >= 0.6 is 22.6 Å². The van der Waals surface area contributed by atoms with E-state index in [1.165, 1.54) is 31.4 Å². The molecule has 116 valence electrons. The van der Waals surface area contributed by atoms with Crippen molar-refractivity contribution < 1.29 is 0 Å². The van der Waals surface area contributed by atoms with Crippen molar-refractivity contribution in [3.63, 3.8) is 0 Å². The molecule has 1 aliphatic carbocycles. The van der Waals surface area contributed by atoms with Gasteiger partial charge in [-0.3, -0.25) is 0 Å². The van der Waals surface area contributed by atoms with Gasteiger partial charge in [0.2, 0.25) is 0 Å². The highest BCUT2D eigenvalue weighted by Gasteiger charge is 2.37. The number of hydrogen-bond donors (Lipinski definition) is 0. The minimum absolute atomic E-state index is 0.0172. The molecule has 0 atom stereocenters. The van der Waals surface area contributed by atoms with Crippen LogP contribution in [0, 0.1) is 0 Å². The first-order valence-electron chi connectivity index (χ1n) is 7.88. The maximum atomic E-state index is 4.36. The molecule has 0 radical (unpaired) electrons. The van der Waals surface area contributed by atoms with Gasteiger partial charge in [0.15, 0.2) is 0 Å². The van der Waals surface area contributed by atoms with E-state index in [2.05, 4.69) is 111 Å². The highest BCUT2D eigenvalue weighted by Crippen LogP contribution is 2.50. The molecule has 0 heterocycles. The predicted molar refractivity (Wildman–Crippen MR) is 110 cm³/mol. The van der Waals surface area contributed by atoms with Gasteiger partial charge in [0.25, 0.3) is 0 Å². The van der Waals surface area contributed by atoms with Gasteiger partial charge in [-0.2, -0.15) is 0 Å². The minimum atomic E-state index is -0.0172. The van der Waals surface area contributed by atoms with Crippen LogP contribution in [0.2, 0.25) is 0 Å². The lowest BCUT2D eigenvalue weighted by Gasteiger charge is -2.22. The van der Waals surface area contributed by atoms with Gasteiger partial charge < -0.3 is 0 Å². The van der Waals surface area contributed by atoms with Gasteiger partial charge >= 0.3 is 0 Å². The molecule has 0 nitrogen and oxygen atoms in total. The van der Waals surface area contributed by atoms with Gasteiger partial charge in [0.05, 0.1) is 0 Å². The van der Waals surface area contributed by atoms with E-state index >= 15 is 0 Å². The maximum Gasteiger partial charge on any atom is 0.0159 e. The summed E-state index contributed by atoms with van der Waals surface area (Å²) < 4.78 is 1.25. The lowest BCUT2D eigenvalue weighted by molar-refractivity contribution is 0.661. The van der Waals surface area contributed by atoms with Gasteiger partial charge in [-0.15, -0.1) is 0 Å². The van der Waals surface area contributed by atoms with Crippen LogP contribution in [0.4, 0.5) is 0 Å². The quantitative estimate of drug-likeness (QED) is 0.470. The van der Waals surface area contributed by atoms with Crippen molar-refractivity contribution in [3.8, 4) is 11.1 Å². The molecule has 1 aliphatic rings. The molecule has 0 amide bonds. The molecule has 0 unspecified atom stereocenters. The van der Waals surface area contributed by atoms with E-state index in [0.29, 0.717) is 0 Å². The van der Waals surface area contributed by atoms with Gasteiger partial charge in [0, 0.05) is 8.99 Å². The Balaban J connectivity index is 2.15. The number of hydrogen-bond acceptors (Lipinski definition) is 0. The average Bonchev–Trinajstić information content (AvgIpc) is 2.76. The van der Waals surface area contributed by atoms with E-state index in [1.54, 1.807) is 0 Å². The van der Waals surface area contributed by atoms with Crippen LogP contribution in [0.15, 0.2) is 76.4 Å². The van der Waals surface area contributed by atoms with Gasteiger partial charge in [-0.05, 0) is 75.1 Å². The zero-order valence-electron chi connectivity index (χ0n) is 13.9. The third-order valence-corrected chi connectivity index (χ3v) is 5.62. The molecule has 1 heteroatoms. The molecule has 0 N–H and O–H groups in total. The van der Waals surface area contributed by atoms with Gasteiger partial charge in [-0.1, -0.05) is 69.0 Å². The van der Waals surface area contributed by atoms with Crippen molar-refractivity contribution in [3.05, 3.63) is 87.5 Å². The van der Waals surface area contributed by atoms with Crippen molar-refractivity contribution in [2.75, 3.05) is 0 Å².